The van der Waals surface area contributed by atoms with Crippen molar-refractivity contribution in [3.63, 3.8) is 0 Å². The zero-order valence-corrected chi connectivity index (χ0v) is 10.8. The van der Waals surface area contributed by atoms with Gasteiger partial charge in [0.05, 0.1) is 17.1 Å². The van der Waals surface area contributed by atoms with E-state index in [4.69, 9.17) is 17.4 Å². The van der Waals surface area contributed by atoms with Crippen molar-refractivity contribution in [1.82, 2.24) is 15.6 Å². The second-order valence-corrected chi connectivity index (χ2v) is 4.63. The minimum Gasteiger partial charge on any atom is -0.352 e. The van der Waals surface area contributed by atoms with Gasteiger partial charge in [-0.1, -0.05) is 11.6 Å². The Morgan fingerprint density at radius 1 is 1.47 bits per heavy atom. The quantitative estimate of drug-likeness (QED) is 0.450. The van der Waals surface area contributed by atoms with Crippen LogP contribution in [0.25, 0.3) is 0 Å². The first-order valence-electron chi connectivity index (χ1n) is 5.80. The van der Waals surface area contributed by atoms with Gasteiger partial charge in [-0.2, -0.15) is 0 Å². The number of nitrogens with zero attached hydrogens (tertiary/aromatic N) is 1. The molecule has 0 saturated heterocycles. The molecule has 0 unspecified atom stereocenters. The lowest BCUT2D eigenvalue weighted by Crippen LogP contribution is -2.37. The molecular formula is C11H14ClN5O2. The molecule has 2 rings (SSSR count). The van der Waals surface area contributed by atoms with E-state index in [0.29, 0.717) is 0 Å². The molecule has 0 aliphatic heterocycles. The fraction of sp³-hybridized carbons (Fsp3) is 0.364. The fourth-order valence-corrected chi connectivity index (χ4v) is 1.66. The van der Waals surface area contributed by atoms with Crippen LogP contribution in [0.1, 0.15) is 23.2 Å². The van der Waals surface area contributed by atoms with Crippen molar-refractivity contribution in [2.75, 3.05) is 12.0 Å². The molecule has 0 radical (unpaired) electrons. The molecule has 102 valence electrons. The molecule has 0 aromatic carbocycles. The molecular weight excluding hydrogens is 270 g/mol. The number of hydrogen-bond donors (Lipinski definition) is 4. The average Bonchev–Trinajstić information content (AvgIpc) is 3.19. The third-order valence-electron chi connectivity index (χ3n) is 2.59. The van der Waals surface area contributed by atoms with Crippen LogP contribution in [0.5, 0.6) is 0 Å². The molecule has 7 nitrogen and oxygen atoms in total. The number of carbonyl (C=O) groups is 2. The van der Waals surface area contributed by atoms with Gasteiger partial charge in [-0.05, 0) is 18.9 Å². The molecule has 19 heavy (non-hydrogen) atoms. The van der Waals surface area contributed by atoms with E-state index in [1.54, 1.807) is 0 Å². The van der Waals surface area contributed by atoms with Crippen molar-refractivity contribution in [2.45, 2.75) is 18.9 Å². The van der Waals surface area contributed by atoms with Gasteiger partial charge in [0.15, 0.2) is 5.82 Å². The Bertz CT molecular complexity index is 504. The van der Waals surface area contributed by atoms with E-state index >= 15 is 0 Å². The Labute approximate surface area is 114 Å². The summed E-state index contributed by atoms with van der Waals surface area (Å²) in [6.45, 7) is -0.0656. The third kappa shape index (κ3) is 3.80. The molecule has 1 aliphatic rings. The van der Waals surface area contributed by atoms with E-state index < -0.39 is 5.91 Å². The van der Waals surface area contributed by atoms with Crippen molar-refractivity contribution >= 4 is 29.2 Å². The van der Waals surface area contributed by atoms with Gasteiger partial charge in [-0.3, -0.25) is 9.59 Å². The maximum absolute atomic E-state index is 11.8. The summed E-state index contributed by atoms with van der Waals surface area (Å²) in [5, 5.41) is 5.50. The Morgan fingerprint density at radius 2 is 2.21 bits per heavy atom. The number of nitrogens with one attached hydrogen (secondary N) is 3. The average molecular weight is 284 g/mol. The second kappa shape index (κ2) is 5.85. The Balaban J connectivity index is 1.88. The van der Waals surface area contributed by atoms with Gasteiger partial charge < -0.3 is 16.1 Å². The van der Waals surface area contributed by atoms with Gasteiger partial charge in [-0.25, -0.2) is 10.8 Å². The standard InChI is InChI=1S/C11H14ClN5O2/c12-8-3-6(4-14-10(8)17-13)11(19)15-5-9(18)16-7-1-2-7/h3-4,7H,1-2,5,13H2,(H,14,17)(H,15,19)(H,16,18). The molecule has 8 heteroatoms. The van der Waals surface area contributed by atoms with Gasteiger partial charge in [0.25, 0.3) is 5.91 Å². The number of hydrogen-bond acceptors (Lipinski definition) is 5. The lowest BCUT2D eigenvalue weighted by molar-refractivity contribution is -0.120. The maximum atomic E-state index is 11.8. The summed E-state index contributed by atoms with van der Waals surface area (Å²) in [6.07, 6.45) is 3.34. The van der Waals surface area contributed by atoms with Crippen molar-refractivity contribution in [1.29, 1.82) is 0 Å². The Hall–Kier alpha value is -1.86. The van der Waals surface area contributed by atoms with Gasteiger partial charge >= 0.3 is 0 Å². The van der Waals surface area contributed by atoms with E-state index in [-0.39, 0.29) is 34.9 Å². The predicted molar refractivity (Wildman–Crippen MR) is 70.6 cm³/mol. The number of pyridine rings is 1. The maximum Gasteiger partial charge on any atom is 0.253 e. The van der Waals surface area contributed by atoms with Crippen molar-refractivity contribution in [2.24, 2.45) is 5.84 Å². The topological polar surface area (TPSA) is 109 Å². The van der Waals surface area contributed by atoms with Gasteiger partial charge in [0, 0.05) is 12.2 Å². The highest BCUT2D eigenvalue weighted by molar-refractivity contribution is 6.33. The van der Waals surface area contributed by atoms with Gasteiger partial charge in [0.2, 0.25) is 5.91 Å². The lowest BCUT2D eigenvalue weighted by Gasteiger charge is -2.07. The molecule has 2 amide bonds. The van der Waals surface area contributed by atoms with Crippen molar-refractivity contribution in [3.05, 3.63) is 22.8 Å². The summed E-state index contributed by atoms with van der Waals surface area (Å²) in [7, 11) is 0. The van der Waals surface area contributed by atoms with Crippen molar-refractivity contribution < 1.29 is 9.59 Å². The fourth-order valence-electron chi connectivity index (χ4n) is 1.44. The molecule has 1 aromatic heterocycles. The summed E-state index contributed by atoms with van der Waals surface area (Å²) >= 11 is 5.85. The molecule has 1 heterocycles. The van der Waals surface area contributed by atoms with Crippen LogP contribution in [0.2, 0.25) is 5.02 Å². The highest BCUT2D eigenvalue weighted by Crippen LogP contribution is 2.19. The molecule has 1 fully saturated rings. The number of anilines is 1. The number of halogens is 1. The Morgan fingerprint density at radius 3 is 2.79 bits per heavy atom. The number of carbonyl (C=O) groups excluding carboxylic acids is 2. The van der Waals surface area contributed by atoms with Gasteiger partial charge in [-0.15, -0.1) is 0 Å². The highest BCUT2D eigenvalue weighted by atomic mass is 35.5. The largest absolute Gasteiger partial charge is 0.352 e. The summed E-state index contributed by atoms with van der Waals surface area (Å²) < 4.78 is 0. The highest BCUT2D eigenvalue weighted by Gasteiger charge is 2.23. The van der Waals surface area contributed by atoms with E-state index in [1.807, 2.05) is 0 Å². The number of rotatable bonds is 5. The third-order valence-corrected chi connectivity index (χ3v) is 2.88. The number of amides is 2. The molecule has 1 saturated carbocycles. The molecule has 0 atom stereocenters. The molecule has 1 aromatic rings. The molecule has 0 spiro atoms. The van der Waals surface area contributed by atoms with Crippen LogP contribution in [0, 0.1) is 0 Å². The summed E-state index contributed by atoms with van der Waals surface area (Å²) in [5.41, 5.74) is 2.57. The number of nitrogens with two attached hydrogens (primary N) is 1. The van der Waals surface area contributed by atoms with Crippen LogP contribution >= 0.6 is 11.6 Å². The molecule has 0 bridgehead atoms. The van der Waals surface area contributed by atoms with E-state index in [2.05, 4.69) is 21.0 Å². The smallest absolute Gasteiger partial charge is 0.253 e. The zero-order chi connectivity index (χ0) is 13.8. The minimum absolute atomic E-state index is 0.0656. The predicted octanol–water partition coefficient (Wildman–Crippen LogP) is 0.0290. The van der Waals surface area contributed by atoms with E-state index in [9.17, 15) is 9.59 Å². The monoisotopic (exact) mass is 283 g/mol. The van der Waals surface area contributed by atoms with Crippen LogP contribution in [0.4, 0.5) is 5.82 Å². The van der Waals surface area contributed by atoms with Crippen LogP contribution in [-0.4, -0.2) is 29.4 Å². The SMILES string of the molecule is NNc1ncc(C(=O)NCC(=O)NC2CC2)cc1Cl. The minimum atomic E-state index is -0.413. The molecule has 1 aliphatic carbocycles. The number of aromatic nitrogens is 1. The summed E-state index contributed by atoms with van der Waals surface area (Å²) in [4.78, 5) is 27.0. The number of nitrogen functional groups attached to an aromatic ring is 1. The first-order chi connectivity index (χ1) is 9.10. The van der Waals surface area contributed by atoms with Crippen LogP contribution in [-0.2, 0) is 4.79 Å². The zero-order valence-electron chi connectivity index (χ0n) is 10.1. The molecule has 5 N–H and O–H groups in total. The summed E-state index contributed by atoms with van der Waals surface area (Å²) in [6, 6.07) is 1.70. The number of hydrazine groups is 1. The first kappa shape index (κ1) is 13.6. The second-order valence-electron chi connectivity index (χ2n) is 4.22. The Kier molecular flexibility index (Phi) is 4.18. The van der Waals surface area contributed by atoms with Gasteiger partial charge in [0.1, 0.15) is 0 Å². The van der Waals surface area contributed by atoms with Crippen LogP contribution in [0.15, 0.2) is 12.3 Å². The lowest BCUT2D eigenvalue weighted by atomic mass is 10.2. The van der Waals surface area contributed by atoms with E-state index in [1.165, 1.54) is 12.3 Å². The van der Waals surface area contributed by atoms with Crippen molar-refractivity contribution in [3.8, 4) is 0 Å². The summed E-state index contributed by atoms with van der Waals surface area (Å²) in [5.74, 6) is 4.85. The van der Waals surface area contributed by atoms with Crippen LogP contribution in [0.3, 0.4) is 0 Å². The van der Waals surface area contributed by atoms with Crippen LogP contribution < -0.4 is 21.9 Å². The first-order valence-corrected chi connectivity index (χ1v) is 6.17. The van der Waals surface area contributed by atoms with E-state index in [0.717, 1.165) is 12.8 Å². The normalized spacial score (nSPS) is 13.8.